The van der Waals surface area contributed by atoms with Gasteiger partial charge in [-0.15, -0.1) is 0 Å². The van der Waals surface area contributed by atoms with Gasteiger partial charge >= 0.3 is 0 Å². The van der Waals surface area contributed by atoms with E-state index < -0.39 is 0 Å². The lowest BCUT2D eigenvalue weighted by atomic mass is 9.86. The Bertz CT molecular complexity index is 421. The van der Waals surface area contributed by atoms with Crippen molar-refractivity contribution >= 4 is 5.69 Å². The summed E-state index contributed by atoms with van der Waals surface area (Å²) in [5, 5.41) is 0. The van der Waals surface area contributed by atoms with Crippen LogP contribution in [-0.4, -0.2) is 19.1 Å². The molecule has 0 saturated heterocycles. The average Bonchev–Trinajstić information content (AvgIpc) is 2.28. The molecule has 0 aromatic heterocycles. The Morgan fingerprint density at radius 1 is 1.26 bits per heavy atom. The van der Waals surface area contributed by atoms with Gasteiger partial charge in [0.2, 0.25) is 0 Å². The Kier molecular flexibility index (Phi) is 4.97. The molecule has 2 atom stereocenters. The molecule has 1 aromatic carbocycles. The van der Waals surface area contributed by atoms with Gasteiger partial charge in [0.05, 0.1) is 0 Å². The number of halogens is 1. The van der Waals surface area contributed by atoms with Crippen LogP contribution in [0, 0.1) is 11.2 Å². The van der Waals surface area contributed by atoms with Crippen LogP contribution in [0.2, 0.25) is 0 Å². The summed E-state index contributed by atoms with van der Waals surface area (Å²) in [5.74, 6) is -0.164. The van der Waals surface area contributed by atoms with E-state index in [9.17, 15) is 4.39 Å². The fourth-order valence-corrected chi connectivity index (χ4v) is 2.19. The number of hydrogen-bond acceptors (Lipinski definition) is 2. The van der Waals surface area contributed by atoms with Gasteiger partial charge in [0.15, 0.2) is 0 Å². The summed E-state index contributed by atoms with van der Waals surface area (Å²) >= 11 is 0. The monoisotopic (exact) mass is 266 g/mol. The average molecular weight is 266 g/mol. The molecule has 0 aliphatic heterocycles. The van der Waals surface area contributed by atoms with Gasteiger partial charge in [-0.3, -0.25) is 0 Å². The maximum atomic E-state index is 14.0. The van der Waals surface area contributed by atoms with Gasteiger partial charge in [-0.2, -0.15) is 0 Å². The predicted molar refractivity (Wildman–Crippen MR) is 81.1 cm³/mol. The molecule has 0 amide bonds. The molecule has 2 nitrogen and oxygen atoms in total. The SMILES string of the molecule is CC(N)Cc1c(F)cccc1N(C)C(C)C(C)(C)C. The van der Waals surface area contributed by atoms with Crippen LogP contribution in [0.3, 0.4) is 0 Å². The van der Waals surface area contributed by atoms with Gasteiger partial charge in [-0.1, -0.05) is 26.8 Å². The molecule has 0 aliphatic rings. The first kappa shape index (κ1) is 16.0. The molecule has 19 heavy (non-hydrogen) atoms. The lowest BCUT2D eigenvalue weighted by Crippen LogP contribution is -2.40. The van der Waals surface area contributed by atoms with Gasteiger partial charge in [0, 0.05) is 30.4 Å². The van der Waals surface area contributed by atoms with Crippen LogP contribution in [-0.2, 0) is 6.42 Å². The molecule has 0 aliphatic carbocycles. The standard InChI is InChI=1S/C16H27FN2/c1-11(18)10-13-14(17)8-7-9-15(13)19(6)12(2)16(3,4)5/h7-9,11-12H,10,18H2,1-6H3. The molecule has 0 saturated carbocycles. The first-order valence-corrected chi connectivity index (χ1v) is 6.90. The van der Waals surface area contributed by atoms with Gasteiger partial charge in [-0.05, 0) is 37.8 Å². The third-order valence-electron chi connectivity index (χ3n) is 3.83. The number of anilines is 1. The molecule has 1 aromatic rings. The van der Waals surface area contributed by atoms with Gasteiger partial charge in [0.1, 0.15) is 5.82 Å². The topological polar surface area (TPSA) is 29.3 Å². The van der Waals surface area contributed by atoms with Crippen molar-refractivity contribution in [1.82, 2.24) is 0 Å². The minimum Gasteiger partial charge on any atom is -0.371 e. The smallest absolute Gasteiger partial charge is 0.128 e. The van der Waals surface area contributed by atoms with Crippen molar-refractivity contribution in [2.45, 2.75) is 53.1 Å². The molecule has 0 radical (unpaired) electrons. The van der Waals surface area contributed by atoms with E-state index in [1.165, 1.54) is 6.07 Å². The van der Waals surface area contributed by atoms with Crippen molar-refractivity contribution in [2.75, 3.05) is 11.9 Å². The number of rotatable bonds is 4. The van der Waals surface area contributed by atoms with Gasteiger partial charge in [-0.25, -0.2) is 4.39 Å². The summed E-state index contributed by atoms with van der Waals surface area (Å²) in [4.78, 5) is 2.15. The second-order valence-electron chi connectivity index (χ2n) is 6.57. The summed E-state index contributed by atoms with van der Waals surface area (Å²) in [5.41, 5.74) is 7.63. The fourth-order valence-electron chi connectivity index (χ4n) is 2.19. The maximum absolute atomic E-state index is 14.0. The van der Waals surface area contributed by atoms with Gasteiger partial charge < -0.3 is 10.6 Å². The lowest BCUT2D eigenvalue weighted by Gasteiger charge is -2.38. The highest BCUT2D eigenvalue weighted by molar-refractivity contribution is 5.55. The Morgan fingerprint density at radius 3 is 2.32 bits per heavy atom. The molecule has 2 unspecified atom stereocenters. The number of nitrogens with zero attached hydrogens (tertiary/aromatic N) is 1. The quantitative estimate of drug-likeness (QED) is 0.902. The largest absolute Gasteiger partial charge is 0.371 e. The van der Waals surface area contributed by atoms with Crippen LogP contribution >= 0.6 is 0 Å². The Balaban J connectivity index is 3.16. The number of hydrogen-bond donors (Lipinski definition) is 1. The molecule has 0 fully saturated rings. The third-order valence-corrected chi connectivity index (χ3v) is 3.83. The van der Waals surface area contributed by atoms with Crippen LogP contribution in [0.15, 0.2) is 18.2 Å². The normalized spacial score (nSPS) is 15.2. The zero-order valence-electron chi connectivity index (χ0n) is 13.0. The van der Waals surface area contributed by atoms with E-state index in [4.69, 9.17) is 5.73 Å². The van der Waals surface area contributed by atoms with E-state index in [0.717, 1.165) is 11.3 Å². The number of nitrogens with two attached hydrogens (primary N) is 1. The zero-order chi connectivity index (χ0) is 14.8. The van der Waals surface area contributed by atoms with E-state index >= 15 is 0 Å². The van der Waals surface area contributed by atoms with Crippen molar-refractivity contribution in [2.24, 2.45) is 11.1 Å². The van der Waals surface area contributed by atoms with Crippen LogP contribution < -0.4 is 10.6 Å². The molecule has 0 spiro atoms. The molecular weight excluding hydrogens is 239 g/mol. The predicted octanol–water partition coefficient (Wildman–Crippen LogP) is 3.59. The molecule has 0 heterocycles. The molecule has 1 rings (SSSR count). The highest BCUT2D eigenvalue weighted by Crippen LogP contribution is 2.31. The van der Waals surface area contributed by atoms with E-state index in [1.54, 1.807) is 6.07 Å². The van der Waals surface area contributed by atoms with Crippen LogP contribution in [0.1, 0.15) is 40.2 Å². The fraction of sp³-hybridized carbons (Fsp3) is 0.625. The molecule has 2 N–H and O–H groups in total. The number of benzene rings is 1. The van der Waals surface area contributed by atoms with Crippen LogP contribution in [0.5, 0.6) is 0 Å². The summed E-state index contributed by atoms with van der Waals surface area (Å²) in [6, 6.07) is 5.51. The molecule has 0 bridgehead atoms. The van der Waals surface area contributed by atoms with E-state index in [2.05, 4.69) is 32.6 Å². The minimum atomic E-state index is -0.164. The first-order chi connectivity index (χ1) is 8.64. The minimum absolute atomic E-state index is 0.0472. The van der Waals surface area contributed by atoms with Crippen LogP contribution in [0.4, 0.5) is 10.1 Å². The zero-order valence-corrected chi connectivity index (χ0v) is 13.0. The van der Waals surface area contributed by atoms with Crippen LogP contribution in [0.25, 0.3) is 0 Å². The molecular formula is C16H27FN2. The van der Waals surface area contributed by atoms with E-state index in [1.807, 2.05) is 20.0 Å². The summed E-state index contributed by atoms with van der Waals surface area (Å²) in [6.45, 7) is 10.7. The molecule has 3 heteroatoms. The van der Waals surface area contributed by atoms with Crippen molar-refractivity contribution in [3.63, 3.8) is 0 Å². The Labute approximate surface area is 116 Å². The Morgan fingerprint density at radius 2 is 1.84 bits per heavy atom. The lowest BCUT2D eigenvalue weighted by molar-refractivity contribution is 0.329. The van der Waals surface area contributed by atoms with Crippen molar-refractivity contribution in [3.8, 4) is 0 Å². The van der Waals surface area contributed by atoms with E-state index in [-0.39, 0.29) is 17.3 Å². The highest BCUT2D eigenvalue weighted by atomic mass is 19.1. The second kappa shape index (κ2) is 5.91. The summed E-state index contributed by atoms with van der Waals surface area (Å²) < 4.78 is 14.0. The van der Waals surface area contributed by atoms with Crippen molar-refractivity contribution in [1.29, 1.82) is 0 Å². The van der Waals surface area contributed by atoms with E-state index in [0.29, 0.717) is 12.5 Å². The van der Waals surface area contributed by atoms with Crippen molar-refractivity contribution in [3.05, 3.63) is 29.6 Å². The third kappa shape index (κ3) is 3.93. The van der Waals surface area contributed by atoms with Crippen molar-refractivity contribution < 1.29 is 4.39 Å². The summed E-state index contributed by atoms with van der Waals surface area (Å²) in [7, 11) is 2.02. The molecule has 108 valence electrons. The van der Waals surface area contributed by atoms with Gasteiger partial charge in [0.25, 0.3) is 0 Å². The summed E-state index contributed by atoms with van der Waals surface area (Å²) in [6.07, 6.45) is 0.559. The highest BCUT2D eigenvalue weighted by Gasteiger charge is 2.26. The maximum Gasteiger partial charge on any atom is 0.128 e. The first-order valence-electron chi connectivity index (χ1n) is 6.90. The second-order valence-corrected chi connectivity index (χ2v) is 6.57. The Hall–Kier alpha value is -1.09.